The molecule has 0 aliphatic rings. The molecule has 2 atom stereocenters. The molecule has 2 N–H and O–H groups in total. The maximum Gasteiger partial charge on any atom is 0.430 e. The zero-order chi connectivity index (χ0) is 34.6. The predicted octanol–water partition coefficient (Wildman–Crippen LogP) is 10.2. The molecule has 46 heavy (non-hydrogen) atoms. The molecule has 0 aliphatic heterocycles. The van der Waals surface area contributed by atoms with Gasteiger partial charge < -0.3 is 19.7 Å². The molecule has 0 aromatic carbocycles. The third-order valence-electron chi connectivity index (χ3n) is 7.16. The van der Waals surface area contributed by atoms with E-state index in [4.69, 9.17) is 4.74 Å². The molecule has 0 radical (unpaired) electrons. The van der Waals surface area contributed by atoms with E-state index in [0.29, 0.717) is 27.2 Å². The van der Waals surface area contributed by atoms with Crippen molar-refractivity contribution in [1.82, 2.24) is 0 Å². The Morgan fingerprint density at radius 1 is 0.630 bits per heavy atom. The standard InChI is InChI=1S/C15H27F3O3.C12H18F6O3.4CH4/c1-7-13(4,5)12(19)21-11(8-10(2)3)9-14(6,20)15(16,17)18;1-6-8(2,3)7(19)21-9(4,5)10(20,11(13,14)15)12(16,17)18;;;;/h10-11,20H,7-9H2,1-6H3;20H,6H2,1-5H3;4*1H4. The van der Waals surface area contributed by atoms with E-state index in [0.717, 1.165) is 0 Å². The topological polar surface area (TPSA) is 93.1 Å². The summed E-state index contributed by atoms with van der Waals surface area (Å²) < 4.78 is 125. The van der Waals surface area contributed by atoms with Crippen LogP contribution in [0.25, 0.3) is 0 Å². The van der Waals surface area contributed by atoms with Gasteiger partial charge in [-0.15, -0.1) is 0 Å². The van der Waals surface area contributed by atoms with Gasteiger partial charge in [-0.05, 0) is 73.6 Å². The van der Waals surface area contributed by atoms with E-state index in [1.807, 2.05) is 20.8 Å². The van der Waals surface area contributed by atoms with Crippen molar-refractivity contribution >= 4 is 11.9 Å². The Labute approximate surface area is 270 Å². The van der Waals surface area contributed by atoms with Gasteiger partial charge in [-0.3, -0.25) is 9.59 Å². The van der Waals surface area contributed by atoms with Gasteiger partial charge in [0, 0.05) is 6.42 Å². The lowest BCUT2D eigenvalue weighted by molar-refractivity contribution is -0.408. The van der Waals surface area contributed by atoms with Crippen LogP contribution < -0.4 is 0 Å². The molecule has 0 aromatic rings. The highest BCUT2D eigenvalue weighted by Gasteiger charge is 2.78. The van der Waals surface area contributed by atoms with Crippen molar-refractivity contribution in [3.8, 4) is 0 Å². The minimum absolute atomic E-state index is 0. The second-order valence-corrected chi connectivity index (χ2v) is 12.7. The summed E-state index contributed by atoms with van der Waals surface area (Å²) in [7, 11) is 0. The van der Waals surface area contributed by atoms with E-state index in [2.05, 4.69) is 4.74 Å². The monoisotopic (exact) mass is 700 g/mol. The Kier molecular flexibility index (Phi) is 23.0. The molecule has 0 rings (SSSR count). The van der Waals surface area contributed by atoms with E-state index in [-0.39, 0.29) is 48.5 Å². The molecule has 0 aromatic heterocycles. The van der Waals surface area contributed by atoms with Crippen LogP contribution in [0, 0.1) is 16.7 Å². The average molecular weight is 701 g/mol. The third kappa shape index (κ3) is 14.6. The number of rotatable bonds is 11. The Morgan fingerprint density at radius 2 is 0.957 bits per heavy atom. The van der Waals surface area contributed by atoms with E-state index < -0.39 is 70.6 Å². The normalized spacial score (nSPS) is 14.8. The molecule has 0 saturated heterocycles. The first kappa shape index (κ1) is 56.6. The predicted molar refractivity (Wildman–Crippen MR) is 163 cm³/mol. The lowest BCUT2D eigenvalue weighted by Crippen LogP contribution is -2.70. The third-order valence-corrected chi connectivity index (χ3v) is 7.16. The minimum Gasteiger partial charge on any atom is -0.462 e. The van der Waals surface area contributed by atoms with Crippen LogP contribution >= 0.6 is 0 Å². The highest BCUT2D eigenvalue weighted by atomic mass is 19.4. The van der Waals surface area contributed by atoms with Crippen LogP contribution in [0.4, 0.5) is 39.5 Å². The minimum atomic E-state index is -6.06. The number of carbonyl (C=O) groups excluding carboxylic acids is 2. The molecule has 0 bridgehead atoms. The Morgan fingerprint density at radius 3 is 1.22 bits per heavy atom. The van der Waals surface area contributed by atoms with Crippen LogP contribution in [0.15, 0.2) is 0 Å². The van der Waals surface area contributed by atoms with E-state index in [1.165, 1.54) is 20.8 Å². The quantitative estimate of drug-likeness (QED) is 0.165. The maximum absolute atomic E-state index is 12.8. The van der Waals surface area contributed by atoms with Crippen LogP contribution in [0.5, 0.6) is 0 Å². The van der Waals surface area contributed by atoms with Gasteiger partial charge in [-0.1, -0.05) is 57.4 Å². The fraction of sp³-hybridized carbons (Fsp3) is 0.935. The average Bonchev–Trinajstić information content (AvgIpc) is 2.75. The van der Waals surface area contributed by atoms with E-state index in [9.17, 15) is 59.3 Å². The summed E-state index contributed by atoms with van der Waals surface area (Å²) in [6.45, 7) is 14.4. The van der Waals surface area contributed by atoms with Crippen molar-refractivity contribution in [2.75, 3.05) is 0 Å². The fourth-order valence-corrected chi connectivity index (χ4v) is 3.14. The largest absolute Gasteiger partial charge is 0.462 e. The number of halogens is 9. The Bertz CT molecular complexity index is 874. The van der Waals surface area contributed by atoms with Gasteiger partial charge in [0.2, 0.25) is 0 Å². The molecule has 0 spiro atoms. The highest BCUT2D eigenvalue weighted by molar-refractivity contribution is 5.76. The van der Waals surface area contributed by atoms with E-state index >= 15 is 0 Å². The number of carbonyl (C=O) groups is 2. The summed E-state index contributed by atoms with van der Waals surface area (Å²) in [6, 6.07) is 0. The van der Waals surface area contributed by atoms with Crippen molar-refractivity contribution in [3.63, 3.8) is 0 Å². The van der Waals surface area contributed by atoms with Gasteiger partial charge in [0.25, 0.3) is 5.60 Å². The first-order valence-electron chi connectivity index (χ1n) is 13.3. The zero-order valence-electron chi connectivity index (χ0n) is 25.9. The Balaban J connectivity index is -0.000000160. The van der Waals surface area contributed by atoms with E-state index in [1.54, 1.807) is 13.8 Å². The van der Waals surface area contributed by atoms with Crippen molar-refractivity contribution in [2.24, 2.45) is 16.7 Å². The Hall–Kier alpha value is -1.77. The van der Waals surface area contributed by atoms with Gasteiger partial charge in [-0.2, -0.15) is 39.5 Å². The molecule has 2 unspecified atom stereocenters. The zero-order valence-corrected chi connectivity index (χ0v) is 25.9. The molecule has 0 fully saturated rings. The van der Waals surface area contributed by atoms with Crippen LogP contribution in [0.3, 0.4) is 0 Å². The summed E-state index contributed by atoms with van der Waals surface area (Å²) in [5.74, 6) is -1.74. The summed E-state index contributed by atoms with van der Waals surface area (Å²) in [6.07, 6.45) is -17.6. The molecule has 0 amide bonds. The summed E-state index contributed by atoms with van der Waals surface area (Å²) in [4.78, 5) is 23.8. The van der Waals surface area contributed by atoms with Crippen LogP contribution in [0.1, 0.15) is 132 Å². The molecule has 0 heterocycles. The van der Waals surface area contributed by atoms with Crippen LogP contribution in [-0.4, -0.2) is 63.6 Å². The van der Waals surface area contributed by atoms with Crippen LogP contribution in [-0.2, 0) is 19.1 Å². The lowest BCUT2D eigenvalue weighted by atomic mass is 9.83. The first-order valence-corrected chi connectivity index (χ1v) is 13.3. The number of aliphatic hydroxyl groups is 2. The summed E-state index contributed by atoms with van der Waals surface area (Å²) in [5, 5.41) is 18.9. The molecule has 284 valence electrons. The second-order valence-electron chi connectivity index (χ2n) is 12.7. The SMILES string of the molecule is C.C.C.C.CCC(C)(C)C(=O)OC(C)(C)C(O)(C(F)(F)F)C(F)(F)F.CCC(C)(C)C(=O)OC(CC(C)C)CC(C)(O)C(F)(F)F. The molecular formula is C31H61F9O6. The molecule has 0 saturated carbocycles. The van der Waals surface area contributed by atoms with Gasteiger partial charge in [-0.25, -0.2) is 0 Å². The number of ether oxygens (including phenoxy) is 2. The van der Waals surface area contributed by atoms with Gasteiger partial charge in [0.1, 0.15) is 6.10 Å². The van der Waals surface area contributed by atoms with Gasteiger partial charge in [0.15, 0.2) is 11.2 Å². The molecule has 15 heteroatoms. The van der Waals surface area contributed by atoms with Gasteiger partial charge >= 0.3 is 30.5 Å². The highest BCUT2D eigenvalue weighted by Crippen LogP contribution is 2.51. The first-order chi connectivity index (χ1) is 18.2. The maximum atomic E-state index is 12.8. The van der Waals surface area contributed by atoms with Crippen molar-refractivity contribution in [1.29, 1.82) is 0 Å². The van der Waals surface area contributed by atoms with Crippen molar-refractivity contribution in [3.05, 3.63) is 0 Å². The molecule has 0 aliphatic carbocycles. The number of hydrogen-bond acceptors (Lipinski definition) is 6. The van der Waals surface area contributed by atoms with Crippen LogP contribution in [0.2, 0.25) is 0 Å². The molecule has 6 nitrogen and oxygen atoms in total. The summed E-state index contributed by atoms with van der Waals surface area (Å²) >= 11 is 0. The molecular weight excluding hydrogens is 639 g/mol. The number of hydrogen-bond donors (Lipinski definition) is 2. The fourth-order valence-electron chi connectivity index (χ4n) is 3.14. The number of alkyl halides is 9. The number of esters is 2. The lowest BCUT2D eigenvalue weighted by Gasteiger charge is -2.44. The smallest absolute Gasteiger partial charge is 0.430 e. The van der Waals surface area contributed by atoms with Gasteiger partial charge in [0.05, 0.1) is 10.8 Å². The van der Waals surface area contributed by atoms with Crippen molar-refractivity contribution < 1.29 is 68.8 Å². The van der Waals surface area contributed by atoms with Crippen molar-refractivity contribution in [2.45, 2.75) is 173 Å². The second kappa shape index (κ2) is 18.7. The summed E-state index contributed by atoms with van der Waals surface area (Å²) in [5.41, 5.74) is -13.3.